The predicted molar refractivity (Wildman–Crippen MR) is 53.3 cm³/mol. The smallest absolute Gasteiger partial charge is 0.211 e. The fourth-order valence-electron chi connectivity index (χ4n) is 1.48. The molecule has 0 heterocycles. The zero-order valence-electron chi connectivity index (χ0n) is 8.20. The Labute approximate surface area is 84.8 Å². The van der Waals surface area contributed by atoms with Crippen LogP contribution in [0.4, 0.5) is 0 Å². The number of aliphatic hydroxyl groups is 1. The molecule has 0 radical (unpaired) electrons. The molecule has 0 saturated heterocycles. The van der Waals surface area contributed by atoms with Gasteiger partial charge in [-0.15, -0.1) is 0 Å². The van der Waals surface area contributed by atoms with E-state index >= 15 is 0 Å². The first-order chi connectivity index (χ1) is 6.55. The Morgan fingerprint density at radius 2 is 2.00 bits per heavy atom. The fourth-order valence-corrected chi connectivity index (χ4v) is 3.08. The van der Waals surface area contributed by atoms with Gasteiger partial charge >= 0.3 is 0 Å². The van der Waals surface area contributed by atoms with Crippen molar-refractivity contribution in [3.8, 4) is 0 Å². The molecular weight excluding hydrogens is 202 g/mol. The molecule has 0 bridgehead atoms. The molecule has 0 aliphatic heterocycles. The Hall–Kier alpha value is -0.130. The van der Waals surface area contributed by atoms with Crippen molar-refractivity contribution >= 4 is 10.0 Å². The SMILES string of the molecule is O=S(=O)(CC1CC1)NCC1(CO)CC1. The van der Waals surface area contributed by atoms with Crippen LogP contribution in [0.2, 0.25) is 0 Å². The highest BCUT2D eigenvalue weighted by Crippen LogP contribution is 2.44. The van der Waals surface area contributed by atoms with Crippen molar-refractivity contribution in [2.45, 2.75) is 25.7 Å². The molecule has 82 valence electrons. The van der Waals surface area contributed by atoms with Crippen LogP contribution in [0.1, 0.15) is 25.7 Å². The van der Waals surface area contributed by atoms with Crippen LogP contribution in [0.25, 0.3) is 0 Å². The largest absolute Gasteiger partial charge is 0.396 e. The Morgan fingerprint density at radius 3 is 2.43 bits per heavy atom. The lowest BCUT2D eigenvalue weighted by Gasteiger charge is -2.12. The van der Waals surface area contributed by atoms with Gasteiger partial charge < -0.3 is 5.11 Å². The zero-order chi connectivity index (χ0) is 10.2. The lowest BCUT2D eigenvalue weighted by Crippen LogP contribution is -2.34. The predicted octanol–water partition coefficient (Wildman–Crippen LogP) is 0.0883. The Balaban J connectivity index is 1.78. The van der Waals surface area contributed by atoms with Gasteiger partial charge in [-0.25, -0.2) is 13.1 Å². The summed E-state index contributed by atoms with van der Waals surface area (Å²) in [4.78, 5) is 0. The van der Waals surface area contributed by atoms with Crippen LogP contribution >= 0.6 is 0 Å². The molecule has 4 nitrogen and oxygen atoms in total. The quantitative estimate of drug-likeness (QED) is 0.665. The highest BCUT2D eigenvalue weighted by Gasteiger charge is 2.42. The second kappa shape index (κ2) is 3.47. The Kier molecular flexibility index (Phi) is 2.57. The molecule has 0 amide bonds. The summed E-state index contributed by atoms with van der Waals surface area (Å²) in [5, 5.41) is 9.01. The number of hydrogen-bond donors (Lipinski definition) is 2. The third-order valence-electron chi connectivity index (χ3n) is 3.11. The highest BCUT2D eigenvalue weighted by molar-refractivity contribution is 7.89. The van der Waals surface area contributed by atoms with Crippen LogP contribution in [0.3, 0.4) is 0 Å². The maximum Gasteiger partial charge on any atom is 0.211 e. The van der Waals surface area contributed by atoms with Crippen molar-refractivity contribution in [1.29, 1.82) is 0 Å². The molecule has 0 aromatic rings. The van der Waals surface area contributed by atoms with E-state index in [4.69, 9.17) is 5.11 Å². The van der Waals surface area contributed by atoms with Crippen LogP contribution in [-0.4, -0.2) is 32.4 Å². The van der Waals surface area contributed by atoms with Gasteiger partial charge in [0.15, 0.2) is 0 Å². The van der Waals surface area contributed by atoms with E-state index in [1.165, 1.54) is 0 Å². The zero-order valence-corrected chi connectivity index (χ0v) is 9.02. The highest BCUT2D eigenvalue weighted by atomic mass is 32.2. The molecular formula is C9H17NO3S. The second-order valence-electron chi connectivity index (χ2n) is 4.70. The van der Waals surface area contributed by atoms with E-state index in [0.717, 1.165) is 25.7 Å². The molecule has 0 spiro atoms. The summed E-state index contributed by atoms with van der Waals surface area (Å²) < 4.78 is 25.6. The van der Waals surface area contributed by atoms with Gasteiger partial charge in [-0.2, -0.15) is 0 Å². The molecule has 0 atom stereocenters. The number of rotatable bonds is 6. The standard InChI is InChI=1S/C9H17NO3S/c11-7-9(3-4-9)6-10-14(12,13)5-8-1-2-8/h8,10-11H,1-7H2. The van der Waals surface area contributed by atoms with E-state index in [-0.39, 0.29) is 17.8 Å². The number of aliphatic hydroxyl groups excluding tert-OH is 1. The summed E-state index contributed by atoms with van der Waals surface area (Å²) >= 11 is 0. The Bertz CT molecular complexity index is 304. The first kappa shape index (κ1) is 10.4. The summed E-state index contributed by atoms with van der Waals surface area (Å²) in [6.07, 6.45) is 3.98. The van der Waals surface area contributed by atoms with Crippen LogP contribution in [-0.2, 0) is 10.0 Å². The average Bonchev–Trinajstić information content (AvgIpc) is 2.96. The van der Waals surface area contributed by atoms with E-state index in [0.29, 0.717) is 12.5 Å². The monoisotopic (exact) mass is 219 g/mol. The molecule has 0 aromatic heterocycles. The van der Waals surface area contributed by atoms with Gasteiger partial charge in [0.05, 0.1) is 5.75 Å². The van der Waals surface area contributed by atoms with E-state index in [1.807, 2.05) is 0 Å². The molecule has 2 saturated carbocycles. The van der Waals surface area contributed by atoms with Gasteiger partial charge in [0.2, 0.25) is 10.0 Å². The van der Waals surface area contributed by atoms with Crippen molar-refractivity contribution in [2.75, 3.05) is 18.9 Å². The minimum atomic E-state index is -3.08. The maximum atomic E-state index is 11.5. The fraction of sp³-hybridized carbons (Fsp3) is 1.00. The van der Waals surface area contributed by atoms with Gasteiger partial charge in [0.1, 0.15) is 0 Å². The number of hydrogen-bond acceptors (Lipinski definition) is 3. The lowest BCUT2D eigenvalue weighted by molar-refractivity contribution is 0.213. The molecule has 14 heavy (non-hydrogen) atoms. The minimum Gasteiger partial charge on any atom is -0.396 e. The van der Waals surface area contributed by atoms with Gasteiger partial charge in [0.25, 0.3) is 0 Å². The molecule has 2 N–H and O–H groups in total. The minimum absolute atomic E-state index is 0.0962. The maximum absolute atomic E-state index is 11.5. The third-order valence-corrected chi connectivity index (χ3v) is 4.61. The van der Waals surface area contributed by atoms with Gasteiger partial charge in [0, 0.05) is 18.6 Å². The van der Waals surface area contributed by atoms with Crippen LogP contribution in [0, 0.1) is 11.3 Å². The van der Waals surface area contributed by atoms with E-state index in [2.05, 4.69) is 4.72 Å². The van der Waals surface area contributed by atoms with Crippen molar-refractivity contribution in [3.63, 3.8) is 0 Å². The molecule has 5 heteroatoms. The van der Waals surface area contributed by atoms with Crippen molar-refractivity contribution in [3.05, 3.63) is 0 Å². The normalized spacial score (nSPS) is 24.9. The molecule has 0 aromatic carbocycles. The second-order valence-corrected chi connectivity index (χ2v) is 6.56. The summed E-state index contributed by atoms with van der Waals surface area (Å²) in [5.74, 6) is 0.658. The van der Waals surface area contributed by atoms with Crippen LogP contribution < -0.4 is 4.72 Å². The first-order valence-electron chi connectivity index (χ1n) is 5.13. The van der Waals surface area contributed by atoms with E-state index in [1.54, 1.807) is 0 Å². The van der Waals surface area contributed by atoms with E-state index < -0.39 is 10.0 Å². The number of nitrogens with one attached hydrogen (secondary N) is 1. The van der Waals surface area contributed by atoms with E-state index in [9.17, 15) is 8.42 Å². The van der Waals surface area contributed by atoms with Gasteiger partial charge in [-0.1, -0.05) is 0 Å². The van der Waals surface area contributed by atoms with Crippen molar-refractivity contribution in [1.82, 2.24) is 4.72 Å². The third kappa shape index (κ3) is 2.68. The summed E-state index contributed by atoms with van der Waals surface area (Å²) in [6, 6.07) is 0. The molecule has 2 rings (SSSR count). The van der Waals surface area contributed by atoms with Crippen LogP contribution in [0.5, 0.6) is 0 Å². The van der Waals surface area contributed by atoms with Crippen molar-refractivity contribution < 1.29 is 13.5 Å². The summed E-state index contributed by atoms with van der Waals surface area (Å²) in [7, 11) is -3.08. The van der Waals surface area contributed by atoms with Gasteiger partial charge in [-0.3, -0.25) is 0 Å². The van der Waals surface area contributed by atoms with Gasteiger partial charge in [-0.05, 0) is 31.6 Å². The average molecular weight is 219 g/mol. The molecule has 0 unspecified atom stereocenters. The molecule has 2 fully saturated rings. The van der Waals surface area contributed by atoms with Crippen molar-refractivity contribution in [2.24, 2.45) is 11.3 Å². The number of sulfonamides is 1. The summed E-state index contributed by atoms with van der Waals surface area (Å²) in [6.45, 7) is 0.511. The molecule has 2 aliphatic carbocycles. The molecule has 2 aliphatic rings. The first-order valence-corrected chi connectivity index (χ1v) is 6.79. The van der Waals surface area contributed by atoms with Crippen LogP contribution in [0.15, 0.2) is 0 Å². The lowest BCUT2D eigenvalue weighted by atomic mass is 10.1. The summed E-state index contributed by atoms with van der Waals surface area (Å²) in [5.41, 5.74) is -0.128. The topological polar surface area (TPSA) is 66.4 Å². The Morgan fingerprint density at radius 1 is 1.36 bits per heavy atom.